The Kier molecular flexibility index (Phi) is 2.79. The molecule has 2 heteroatoms. The molecule has 46 valence electrons. The Labute approximate surface area is 64.0 Å². The topological polar surface area (TPSA) is 12.9 Å². The number of aromatic nitrogens is 1. The first kappa shape index (κ1) is 6.82. The van der Waals surface area contributed by atoms with E-state index in [4.69, 9.17) is 0 Å². The van der Waals surface area contributed by atoms with Gasteiger partial charge in [-0.3, -0.25) is 0 Å². The first-order valence-electron chi connectivity index (χ1n) is 2.93. The molecule has 0 aromatic carbocycles. The molecule has 0 spiro atoms. The molecule has 0 atom stereocenters. The molecule has 0 N–H and O–H groups in total. The standard InChI is InChI=1S/C7H8AsN/c8-4-3-7-2-1-5-9-6-7/h1-2,5-6H,3-4H2. The van der Waals surface area contributed by atoms with E-state index in [0.717, 1.165) is 11.6 Å². The van der Waals surface area contributed by atoms with Gasteiger partial charge in [-0.1, -0.05) is 0 Å². The summed E-state index contributed by atoms with van der Waals surface area (Å²) in [6.45, 7) is 0. The van der Waals surface area contributed by atoms with Crippen molar-refractivity contribution < 1.29 is 0 Å². The van der Waals surface area contributed by atoms with Gasteiger partial charge in [-0.25, -0.2) is 0 Å². The van der Waals surface area contributed by atoms with E-state index in [-0.39, 0.29) is 0 Å². The van der Waals surface area contributed by atoms with Crippen molar-refractivity contribution in [3.8, 4) is 0 Å². The van der Waals surface area contributed by atoms with Gasteiger partial charge in [0.05, 0.1) is 0 Å². The Morgan fingerprint density at radius 1 is 1.56 bits per heavy atom. The van der Waals surface area contributed by atoms with Crippen LogP contribution in [-0.2, 0) is 6.42 Å². The monoisotopic (exact) mass is 181 g/mol. The van der Waals surface area contributed by atoms with Gasteiger partial charge < -0.3 is 0 Å². The number of nitrogens with zero attached hydrogens (tertiary/aromatic N) is 1. The van der Waals surface area contributed by atoms with Gasteiger partial charge in [0.2, 0.25) is 0 Å². The molecule has 0 saturated carbocycles. The zero-order valence-corrected chi connectivity index (χ0v) is 6.99. The molecule has 2 radical (unpaired) electrons. The van der Waals surface area contributed by atoms with Crippen LogP contribution in [0.2, 0.25) is 5.21 Å². The van der Waals surface area contributed by atoms with Crippen molar-refractivity contribution in [1.29, 1.82) is 0 Å². The average molecular weight is 181 g/mol. The molecule has 1 aromatic rings. The fourth-order valence-electron chi connectivity index (χ4n) is 0.675. The second-order valence-corrected chi connectivity index (χ2v) is 2.77. The van der Waals surface area contributed by atoms with Gasteiger partial charge in [0.1, 0.15) is 0 Å². The van der Waals surface area contributed by atoms with Crippen molar-refractivity contribution in [2.75, 3.05) is 0 Å². The summed E-state index contributed by atoms with van der Waals surface area (Å²) < 4.78 is 0. The number of hydrogen-bond donors (Lipinski definition) is 0. The van der Waals surface area contributed by atoms with Crippen LogP contribution in [0.3, 0.4) is 0 Å². The van der Waals surface area contributed by atoms with Crippen LogP contribution in [0.15, 0.2) is 24.5 Å². The van der Waals surface area contributed by atoms with E-state index in [1.807, 2.05) is 12.3 Å². The Bertz CT molecular complexity index is 162. The molecule has 1 heterocycles. The fraction of sp³-hybridized carbons (Fsp3) is 0.286. The molecular formula is C7H8AsN. The number of aryl methyl sites for hydroxylation is 1. The second-order valence-electron chi connectivity index (χ2n) is 1.83. The van der Waals surface area contributed by atoms with Crippen molar-refractivity contribution >= 4 is 16.9 Å². The van der Waals surface area contributed by atoms with Gasteiger partial charge in [-0.05, 0) is 0 Å². The normalized spacial score (nSPS) is 9.44. The van der Waals surface area contributed by atoms with Crippen LogP contribution in [0.1, 0.15) is 5.56 Å². The molecule has 0 bridgehead atoms. The summed E-state index contributed by atoms with van der Waals surface area (Å²) in [6.07, 6.45) is 4.83. The van der Waals surface area contributed by atoms with Gasteiger partial charge >= 0.3 is 63.6 Å². The van der Waals surface area contributed by atoms with Crippen molar-refractivity contribution in [3.05, 3.63) is 30.1 Å². The molecule has 1 rings (SSSR count). The quantitative estimate of drug-likeness (QED) is 0.625. The van der Waals surface area contributed by atoms with Crippen LogP contribution in [0.5, 0.6) is 0 Å². The molecular weight excluding hydrogens is 173 g/mol. The summed E-state index contributed by atoms with van der Waals surface area (Å²) in [4.78, 5) is 4.00. The van der Waals surface area contributed by atoms with Crippen molar-refractivity contribution in [3.63, 3.8) is 0 Å². The molecule has 9 heavy (non-hydrogen) atoms. The first-order valence-corrected chi connectivity index (χ1v) is 4.26. The number of pyridine rings is 1. The third kappa shape index (κ3) is 2.19. The molecule has 0 aliphatic heterocycles. The molecule has 0 amide bonds. The van der Waals surface area contributed by atoms with E-state index in [1.54, 1.807) is 6.20 Å². The molecule has 0 fully saturated rings. The summed E-state index contributed by atoms with van der Waals surface area (Å²) in [7, 11) is 0. The molecule has 0 aliphatic rings. The Morgan fingerprint density at radius 3 is 3.00 bits per heavy atom. The number of hydrogen-bond acceptors (Lipinski definition) is 1. The number of rotatable bonds is 2. The molecule has 0 unspecified atom stereocenters. The minimum atomic E-state index is 1.12. The minimum absolute atomic E-state index is 1.12. The van der Waals surface area contributed by atoms with Crippen LogP contribution >= 0.6 is 0 Å². The molecule has 1 aromatic heterocycles. The van der Waals surface area contributed by atoms with E-state index in [9.17, 15) is 0 Å². The maximum atomic E-state index is 4.00. The van der Waals surface area contributed by atoms with E-state index in [2.05, 4.69) is 27.9 Å². The molecule has 1 nitrogen and oxygen atoms in total. The van der Waals surface area contributed by atoms with E-state index in [0.29, 0.717) is 0 Å². The summed E-state index contributed by atoms with van der Waals surface area (Å²) in [5.74, 6) is 0. The zero-order chi connectivity index (χ0) is 6.53. The summed E-state index contributed by atoms with van der Waals surface area (Å²) in [5.41, 5.74) is 1.32. The van der Waals surface area contributed by atoms with Crippen LogP contribution < -0.4 is 0 Å². The summed E-state index contributed by atoms with van der Waals surface area (Å²) in [5, 5.41) is 1.14. The SMILES string of the molecule is [As]CCc1cccnc1. The van der Waals surface area contributed by atoms with E-state index in [1.165, 1.54) is 5.56 Å². The summed E-state index contributed by atoms with van der Waals surface area (Å²) in [6, 6.07) is 4.07. The predicted octanol–water partition coefficient (Wildman–Crippen LogP) is 1.21. The van der Waals surface area contributed by atoms with Crippen molar-refractivity contribution in [2.45, 2.75) is 11.6 Å². The Morgan fingerprint density at radius 2 is 2.44 bits per heavy atom. The van der Waals surface area contributed by atoms with Gasteiger partial charge in [0.25, 0.3) is 0 Å². The van der Waals surface area contributed by atoms with E-state index >= 15 is 0 Å². The van der Waals surface area contributed by atoms with Crippen molar-refractivity contribution in [1.82, 2.24) is 4.98 Å². The second kappa shape index (κ2) is 3.68. The molecule has 0 saturated heterocycles. The average Bonchev–Trinajstić information content (AvgIpc) is 1.91. The van der Waals surface area contributed by atoms with Crippen LogP contribution in [0.4, 0.5) is 0 Å². The third-order valence-electron chi connectivity index (χ3n) is 1.12. The van der Waals surface area contributed by atoms with Crippen LogP contribution in [-0.4, -0.2) is 21.8 Å². The predicted molar refractivity (Wildman–Crippen MR) is 38.5 cm³/mol. The third-order valence-corrected chi connectivity index (χ3v) is 1.59. The van der Waals surface area contributed by atoms with Gasteiger partial charge in [0, 0.05) is 0 Å². The summed E-state index contributed by atoms with van der Waals surface area (Å²) >= 11 is 2.57. The van der Waals surface area contributed by atoms with E-state index < -0.39 is 0 Å². The maximum absolute atomic E-state index is 4.00. The first-order chi connectivity index (χ1) is 4.43. The zero-order valence-electron chi connectivity index (χ0n) is 5.12. The van der Waals surface area contributed by atoms with Crippen LogP contribution in [0.25, 0.3) is 0 Å². The van der Waals surface area contributed by atoms with Crippen LogP contribution in [0, 0.1) is 0 Å². The van der Waals surface area contributed by atoms with Gasteiger partial charge in [-0.2, -0.15) is 0 Å². The van der Waals surface area contributed by atoms with Crippen molar-refractivity contribution in [2.24, 2.45) is 0 Å². The Hall–Kier alpha value is -0.292. The fourth-order valence-corrected chi connectivity index (χ4v) is 1.22. The van der Waals surface area contributed by atoms with Gasteiger partial charge in [-0.15, -0.1) is 0 Å². The molecule has 0 aliphatic carbocycles. The van der Waals surface area contributed by atoms with Gasteiger partial charge in [0.15, 0.2) is 0 Å². The Balaban J connectivity index is 2.61.